The van der Waals surface area contributed by atoms with E-state index in [0.717, 1.165) is 77.9 Å². The molecule has 0 aliphatic carbocycles. The van der Waals surface area contributed by atoms with Crippen molar-refractivity contribution in [2.45, 2.75) is 13.8 Å². The highest BCUT2D eigenvalue weighted by Gasteiger charge is 2.23. The van der Waals surface area contributed by atoms with Crippen LogP contribution < -0.4 is 4.90 Å². The maximum Gasteiger partial charge on any atom is 0.143 e. The minimum atomic E-state index is 0.869. The van der Waals surface area contributed by atoms with E-state index in [2.05, 4.69) is 248 Å². The highest BCUT2D eigenvalue weighted by Crippen LogP contribution is 2.47. The summed E-state index contributed by atoms with van der Waals surface area (Å²) in [6.07, 6.45) is 0. The van der Waals surface area contributed by atoms with Gasteiger partial charge in [-0.2, -0.15) is 0 Å². The standard InChI is InChI=1S/C60H41NO.C2H6/c1-5-15-42(16-6-1)46-25-27-47(28-26-46)49-31-36-53(37-32-49)61(52-34-29-48(30-35-52)43-17-7-2-8-18-43)58-41-50(44-19-9-3-10-20-44)33-38-54(58)56-39-51(45-21-11-4-12-22-45)40-57-55-23-13-14-24-59(55)62-60(56)57;1-2/h1-41H;1-2H3. The van der Waals surface area contributed by atoms with Crippen molar-refractivity contribution in [3.8, 4) is 66.8 Å². The molecule has 0 N–H and O–H groups in total. The van der Waals surface area contributed by atoms with Gasteiger partial charge < -0.3 is 9.32 Å². The molecule has 0 aliphatic rings. The van der Waals surface area contributed by atoms with Crippen molar-refractivity contribution in [1.29, 1.82) is 0 Å². The molecule has 0 unspecified atom stereocenters. The molecule has 1 heterocycles. The van der Waals surface area contributed by atoms with Crippen LogP contribution in [0, 0.1) is 0 Å². The predicted octanol–water partition coefficient (Wildman–Crippen LogP) is 18.1. The molecule has 2 nitrogen and oxygen atoms in total. The Labute approximate surface area is 376 Å². The molecule has 306 valence electrons. The van der Waals surface area contributed by atoms with E-state index in [1.54, 1.807) is 0 Å². The van der Waals surface area contributed by atoms with Gasteiger partial charge in [0.2, 0.25) is 0 Å². The molecule has 64 heavy (non-hydrogen) atoms. The van der Waals surface area contributed by atoms with Crippen molar-refractivity contribution in [1.82, 2.24) is 0 Å². The van der Waals surface area contributed by atoms with Crippen molar-refractivity contribution >= 4 is 39.0 Å². The first kappa shape index (κ1) is 39.9. The average Bonchev–Trinajstić information content (AvgIpc) is 3.77. The van der Waals surface area contributed by atoms with E-state index in [0.29, 0.717) is 0 Å². The highest BCUT2D eigenvalue weighted by atomic mass is 16.3. The molecular formula is C62H47NO. The number of anilines is 3. The number of fused-ring (bicyclic) bond motifs is 3. The summed E-state index contributed by atoms with van der Waals surface area (Å²) >= 11 is 0. The molecular weight excluding hydrogens is 775 g/mol. The maximum absolute atomic E-state index is 6.84. The second kappa shape index (κ2) is 18.0. The minimum Gasteiger partial charge on any atom is -0.455 e. The van der Waals surface area contributed by atoms with Crippen LogP contribution in [0.2, 0.25) is 0 Å². The molecule has 0 spiro atoms. The van der Waals surface area contributed by atoms with Crippen LogP contribution >= 0.6 is 0 Å². The zero-order valence-corrected chi connectivity index (χ0v) is 36.0. The fourth-order valence-electron chi connectivity index (χ4n) is 8.73. The van der Waals surface area contributed by atoms with E-state index < -0.39 is 0 Å². The summed E-state index contributed by atoms with van der Waals surface area (Å²) in [5.74, 6) is 0. The van der Waals surface area contributed by atoms with Gasteiger partial charge in [-0.25, -0.2) is 0 Å². The Bertz CT molecular complexity index is 3280. The van der Waals surface area contributed by atoms with E-state index in [1.807, 2.05) is 19.9 Å². The van der Waals surface area contributed by atoms with Crippen molar-refractivity contribution in [2.75, 3.05) is 4.90 Å². The van der Waals surface area contributed by atoms with E-state index in [9.17, 15) is 0 Å². The van der Waals surface area contributed by atoms with Crippen molar-refractivity contribution < 1.29 is 4.42 Å². The first-order valence-electron chi connectivity index (χ1n) is 22.2. The SMILES string of the molecule is CC.c1ccc(-c2ccc(-c3ccc(N(c4ccc(-c5ccccc5)cc4)c4cc(-c5ccccc5)ccc4-c4cc(-c5ccccc5)cc5c4oc4ccccc45)cc3)cc2)cc1. The normalized spacial score (nSPS) is 11.0. The van der Waals surface area contributed by atoms with Gasteiger partial charge in [-0.1, -0.05) is 214 Å². The van der Waals surface area contributed by atoms with Gasteiger partial charge in [-0.15, -0.1) is 0 Å². The van der Waals surface area contributed by atoms with E-state index in [-0.39, 0.29) is 0 Å². The predicted molar refractivity (Wildman–Crippen MR) is 272 cm³/mol. The van der Waals surface area contributed by atoms with E-state index >= 15 is 0 Å². The van der Waals surface area contributed by atoms with Crippen LogP contribution in [0.1, 0.15) is 13.8 Å². The number of hydrogen-bond donors (Lipinski definition) is 0. The minimum absolute atomic E-state index is 0.869. The van der Waals surface area contributed by atoms with Gasteiger partial charge >= 0.3 is 0 Å². The number of benzene rings is 10. The lowest BCUT2D eigenvalue weighted by Gasteiger charge is -2.29. The van der Waals surface area contributed by atoms with Gasteiger partial charge in [0.15, 0.2) is 0 Å². The van der Waals surface area contributed by atoms with Gasteiger partial charge in [0.25, 0.3) is 0 Å². The van der Waals surface area contributed by atoms with Crippen molar-refractivity contribution in [3.05, 3.63) is 249 Å². The van der Waals surface area contributed by atoms with E-state index in [4.69, 9.17) is 4.42 Å². The fourth-order valence-corrected chi connectivity index (χ4v) is 8.73. The molecule has 0 saturated heterocycles. The third-order valence-corrected chi connectivity index (χ3v) is 11.9. The first-order valence-corrected chi connectivity index (χ1v) is 22.2. The molecule has 0 bridgehead atoms. The molecule has 0 fully saturated rings. The molecule has 2 heteroatoms. The summed E-state index contributed by atoms with van der Waals surface area (Å²) in [5, 5.41) is 2.20. The molecule has 10 aromatic carbocycles. The second-order valence-corrected chi connectivity index (χ2v) is 15.7. The van der Waals surface area contributed by atoms with Gasteiger partial charge in [0, 0.05) is 33.3 Å². The van der Waals surface area contributed by atoms with Crippen LogP contribution in [0.25, 0.3) is 88.7 Å². The number of rotatable bonds is 9. The van der Waals surface area contributed by atoms with Crippen molar-refractivity contribution in [2.24, 2.45) is 0 Å². The Kier molecular flexibility index (Phi) is 11.2. The molecule has 0 aliphatic heterocycles. The topological polar surface area (TPSA) is 16.4 Å². The third-order valence-electron chi connectivity index (χ3n) is 11.9. The molecule has 1 aromatic heterocycles. The Morgan fingerprint density at radius 3 is 1.14 bits per heavy atom. The summed E-state index contributed by atoms with van der Waals surface area (Å²) < 4.78 is 6.84. The quantitative estimate of drug-likeness (QED) is 0.144. The Morgan fingerprint density at radius 1 is 0.281 bits per heavy atom. The van der Waals surface area contributed by atoms with E-state index in [1.165, 1.54) is 27.8 Å². The van der Waals surface area contributed by atoms with Crippen molar-refractivity contribution in [3.63, 3.8) is 0 Å². The molecule has 0 saturated carbocycles. The van der Waals surface area contributed by atoms with Gasteiger partial charge in [0.1, 0.15) is 11.2 Å². The second-order valence-electron chi connectivity index (χ2n) is 15.7. The fraction of sp³-hybridized carbons (Fsp3) is 0.0323. The van der Waals surface area contributed by atoms with Crippen LogP contribution in [-0.2, 0) is 0 Å². The number of furan rings is 1. The lowest BCUT2D eigenvalue weighted by molar-refractivity contribution is 0.670. The molecule has 0 amide bonds. The lowest BCUT2D eigenvalue weighted by Crippen LogP contribution is -2.11. The first-order chi connectivity index (χ1) is 31.7. The van der Waals surface area contributed by atoms with Crippen LogP contribution in [0.5, 0.6) is 0 Å². The zero-order valence-electron chi connectivity index (χ0n) is 36.0. The summed E-state index contributed by atoms with van der Waals surface area (Å²) in [5.41, 5.74) is 18.7. The Balaban J connectivity index is 0.00000239. The largest absolute Gasteiger partial charge is 0.455 e. The lowest BCUT2D eigenvalue weighted by atomic mass is 9.92. The van der Waals surface area contributed by atoms with Gasteiger partial charge in [0.05, 0.1) is 5.69 Å². The number of hydrogen-bond acceptors (Lipinski definition) is 2. The Hall–Kier alpha value is -8.20. The van der Waals surface area contributed by atoms with Crippen LogP contribution in [0.3, 0.4) is 0 Å². The highest BCUT2D eigenvalue weighted by molar-refractivity contribution is 6.13. The molecule has 0 atom stereocenters. The summed E-state index contributed by atoms with van der Waals surface area (Å²) in [6, 6.07) is 89.1. The van der Waals surface area contributed by atoms with Crippen LogP contribution in [0.4, 0.5) is 17.1 Å². The number of nitrogens with zero attached hydrogens (tertiary/aromatic N) is 1. The zero-order chi connectivity index (χ0) is 43.2. The smallest absolute Gasteiger partial charge is 0.143 e. The molecule has 11 rings (SSSR count). The van der Waals surface area contributed by atoms with Crippen LogP contribution in [-0.4, -0.2) is 0 Å². The monoisotopic (exact) mass is 821 g/mol. The van der Waals surface area contributed by atoms with Gasteiger partial charge in [-0.3, -0.25) is 0 Å². The molecule has 11 aromatic rings. The Morgan fingerprint density at radius 2 is 0.656 bits per heavy atom. The van der Waals surface area contributed by atoms with Crippen LogP contribution in [0.15, 0.2) is 253 Å². The molecule has 0 radical (unpaired) electrons. The summed E-state index contributed by atoms with van der Waals surface area (Å²) in [4.78, 5) is 2.41. The van der Waals surface area contributed by atoms with Gasteiger partial charge in [-0.05, 0) is 104 Å². The summed E-state index contributed by atoms with van der Waals surface area (Å²) in [6.45, 7) is 4.00. The third kappa shape index (κ3) is 7.90. The summed E-state index contributed by atoms with van der Waals surface area (Å²) in [7, 11) is 0. The number of para-hydroxylation sites is 1. The maximum atomic E-state index is 6.84. The average molecular weight is 822 g/mol.